The summed E-state index contributed by atoms with van der Waals surface area (Å²) in [5.41, 5.74) is 0. The van der Waals surface area contributed by atoms with Crippen LogP contribution in [0.1, 0.15) is 13.8 Å². The van der Waals surface area contributed by atoms with Crippen LogP contribution in [0.5, 0.6) is 0 Å². The summed E-state index contributed by atoms with van der Waals surface area (Å²) >= 11 is 8.32. The molecule has 0 aromatic heterocycles. The first-order valence-electron chi connectivity index (χ1n) is 11.2. The molecule has 28 heavy (non-hydrogen) atoms. The van der Waals surface area contributed by atoms with Gasteiger partial charge in [-0.3, -0.25) is 0 Å². The number of hydrogen-bond donors (Lipinski definition) is 0. The third kappa shape index (κ3) is 3.88. The number of piperazine rings is 3. The molecule has 3 fully saturated rings. The fourth-order valence-corrected chi connectivity index (χ4v) is 12.9. The second-order valence-corrected chi connectivity index (χ2v) is 14.5. The topological polar surface area (TPSA) is 22.7 Å². The molecule has 0 unspecified atom stereocenters. The molecule has 3 aliphatic heterocycles. The summed E-state index contributed by atoms with van der Waals surface area (Å²) in [6, 6.07) is 0. The Hall–Kier alpha value is 0.440. The van der Waals surface area contributed by atoms with E-state index in [1.54, 1.807) is 0 Å². The zero-order chi connectivity index (χ0) is 20.4. The number of nitrogens with zero attached hydrogens (tertiary/aromatic N) is 7. The van der Waals surface area contributed by atoms with E-state index in [2.05, 4.69) is 68.4 Å². The van der Waals surface area contributed by atoms with Gasteiger partial charge in [-0.2, -0.15) is 0 Å². The number of rotatable bonds is 6. The van der Waals surface area contributed by atoms with E-state index in [0.717, 1.165) is 91.6 Å². The van der Waals surface area contributed by atoms with E-state index < -0.39 is 6.56 Å². The Morgan fingerprint density at radius 2 is 0.821 bits per heavy atom. The predicted molar refractivity (Wildman–Crippen MR) is 123 cm³/mol. The van der Waals surface area contributed by atoms with Gasteiger partial charge in [0.25, 0.3) is 0 Å². The molecule has 3 saturated heterocycles. The van der Waals surface area contributed by atoms with Gasteiger partial charge < -0.3 is 0 Å². The molecule has 3 heterocycles. The van der Waals surface area contributed by atoms with E-state index in [0.29, 0.717) is 0 Å². The van der Waals surface area contributed by atoms with Crippen molar-refractivity contribution < 1.29 is 0 Å². The summed E-state index contributed by atoms with van der Waals surface area (Å²) in [5, 5.41) is 0. The summed E-state index contributed by atoms with van der Waals surface area (Å²) in [6.45, 7) is 16.5. The van der Waals surface area contributed by atoms with Gasteiger partial charge in [-0.1, -0.05) is 0 Å². The Bertz CT molecular complexity index is 439. The van der Waals surface area contributed by atoms with Crippen molar-refractivity contribution in [1.29, 1.82) is 0 Å². The Kier molecular flexibility index (Phi) is 7.67. The van der Waals surface area contributed by atoms with Crippen LogP contribution in [-0.4, -0.2) is 146 Å². The molecule has 0 N–H and O–H groups in total. The molecule has 9 heteroatoms. The van der Waals surface area contributed by atoms with Crippen molar-refractivity contribution in [3.8, 4) is 0 Å². The Morgan fingerprint density at radius 1 is 0.571 bits per heavy atom. The maximum atomic E-state index is 8.32. The van der Waals surface area contributed by atoms with E-state index in [9.17, 15) is 0 Å². The molecular weight excluding hydrogens is 393 g/mol. The van der Waals surface area contributed by atoms with Crippen molar-refractivity contribution in [3.05, 3.63) is 0 Å². The molecule has 0 saturated carbocycles. The van der Waals surface area contributed by atoms with Crippen LogP contribution >= 0.6 is 17.8 Å². The molecule has 0 aliphatic carbocycles. The Labute approximate surface area is 178 Å². The van der Waals surface area contributed by atoms with Crippen LogP contribution in [0.2, 0.25) is 0 Å². The number of hydrogen-bond acceptors (Lipinski definition) is 7. The van der Waals surface area contributed by atoms with E-state index in [1.807, 2.05) is 0 Å². The molecule has 0 bridgehead atoms. The minimum atomic E-state index is -3.10. The zero-order valence-corrected chi connectivity index (χ0v) is 20.5. The molecule has 0 atom stereocenters. The first kappa shape index (κ1) is 23.1. The van der Waals surface area contributed by atoms with Crippen molar-refractivity contribution in [3.63, 3.8) is 0 Å². The van der Waals surface area contributed by atoms with Gasteiger partial charge >= 0.3 is 178 Å². The Balaban J connectivity index is 2.07. The normalized spacial score (nSPS) is 27.9. The van der Waals surface area contributed by atoms with Crippen molar-refractivity contribution in [2.75, 3.05) is 113 Å². The van der Waals surface area contributed by atoms with Crippen molar-refractivity contribution in [2.45, 2.75) is 13.8 Å². The predicted octanol–water partition coefficient (Wildman–Crippen LogP) is 1.44. The van der Waals surface area contributed by atoms with Crippen molar-refractivity contribution in [1.82, 2.24) is 33.4 Å². The maximum absolute atomic E-state index is 8.32. The second kappa shape index (κ2) is 9.29. The summed E-state index contributed by atoms with van der Waals surface area (Å²) in [6.07, 6.45) is 0. The molecule has 0 aromatic carbocycles. The van der Waals surface area contributed by atoms with Crippen LogP contribution in [0.15, 0.2) is 0 Å². The van der Waals surface area contributed by atoms with Gasteiger partial charge in [0.15, 0.2) is 0 Å². The quantitative estimate of drug-likeness (QED) is 0.581. The molecule has 3 aliphatic rings. The van der Waals surface area contributed by atoms with E-state index >= 15 is 0 Å². The average Bonchev–Trinajstić information content (AvgIpc) is 2.70. The summed E-state index contributed by atoms with van der Waals surface area (Å²) in [5.74, 6) is 0. The molecule has 166 valence electrons. The molecule has 3 rings (SSSR count). The molecule has 0 aromatic rings. The van der Waals surface area contributed by atoms with Crippen LogP contribution in [0.25, 0.3) is 0 Å². The van der Waals surface area contributed by atoms with Gasteiger partial charge in [-0.15, -0.1) is 0 Å². The SMILES string of the molecule is CCN(CC)P(Cl)(N1CCN(C)CC1)(N1CCN(C)CC1)N1CCN(C)CC1. The molecular formula is C19H43ClN7P. The third-order valence-electron chi connectivity index (χ3n) is 7.11. The number of likely N-dealkylation sites (N-methyl/N-ethyl adjacent to an activating group) is 3. The first-order chi connectivity index (χ1) is 13.3. The molecule has 0 amide bonds. The molecule has 0 radical (unpaired) electrons. The van der Waals surface area contributed by atoms with Gasteiger partial charge in [0, 0.05) is 0 Å². The number of halogens is 1. The fourth-order valence-electron chi connectivity index (χ4n) is 5.20. The van der Waals surface area contributed by atoms with Gasteiger partial charge in [-0.25, -0.2) is 0 Å². The van der Waals surface area contributed by atoms with E-state index in [1.165, 1.54) is 0 Å². The van der Waals surface area contributed by atoms with E-state index in [-0.39, 0.29) is 0 Å². The van der Waals surface area contributed by atoms with Crippen molar-refractivity contribution >= 4 is 17.8 Å². The standard InChI is InChI=1S/C19H43ClN7P/c1-6-24(7-2)28(20,25-14-8-21(3)9-15-25,26-16-10-22(4)11-17-26)27-18-12-23(5)13-19-27/h6-19H2,1-5H3. The molecule has 7 nitrogen and oxygen atoms in total. The monoisotopic (exact) mass is 435 g/mol. The van der Waals surface area contributed by atoms with Gasteiger partial charge in [0.05, 0.1) is 0 Å². The van der Waals surface area contributed by atoms with Crippen LogP contribution in [0, 0.1) is 0 Å². The Morgan fingerprint density at radius 3 is 1.04 bits per heavy atom. The van der Waals surface area contributed by atoms with E-state index in [4.69, 9.17) is 11.2 Å². The average molecular weight is 436 g/mol. The summed E-state index contributed by atoms with van der Waals surface area (Å²) in [7, 11) is 6.72. The van der Waals surface area contributed by atoms with Gasteiger partial charge in [0.1, 0.15) is 0 Å². The molecule has 0 spiro atoms. The minimum absolute atomic E-state index is 1.00. The van der Waals surface area contributed by atoms with Gasteiger partial charge in [0.2, 0.25) is 0 Å². The van der Waals surface area contributed by atoms with Gasteiger partial charge in [-0.05, 0) is 0 Å². The zero-order valence-electron chi connectivity index (χ0n) is 18.9. The van der Waals surface area contributed by atoms with Crippen LogP contribution in [0.3, 0.4) is 0 Å². The first-order valence-corrected chi connectivity index (χ1v) is 14.1. The van der Waals surface area contributed by atoms with Crippen LogP contribution < -0.4 is 0 Å². The van der Waals surface area contributed by atoms with Crippen LogP contribution in [0.4, 0.5) is 0 Å². The summed E-state index contributed by atoms with van der Waals surface area (Å²) in [4.78, 5) is 7.35. The third-order valence-corrected chi connectivity index (χ3v) is 15.3. The van der Waals surface area contributed by atoms with Crippen LogP contribution in [-0.2, 0) is 0 Å². The fraction of sp³-hybridized carbons (Fsp3) is 1.00. The van der Waals surface area contributed by atoms with Crippen molar-refractivity contribution in [2.24, 2.45) is 0 Å². The summed E-state index contributed by atoms with van der Waals surface area (Å²) < 4.78 is 10.9. The second-order valence-electron chi connectivity index (χ2n) is 8.75.